The highest BCUT2D eigenvalue weighted by molar-refractivity contribution is 6.03. The van der Waals surface area contributed by atoms with E-state index in [-0.39, 0.29) is 28.3 Å². The molecule has 9 nitrogen and oxygen atoms in total. The number of ether oxygens (including phenoxy) is 3. The zero-order chi connectivity index (χ0) is 29.9. The van der Waals surface area contributed by atoms with Crippen LogP contribution in [-0.2, 0) is 9.47 Å². The molecule has 0 aliphatic carbocycles. The number of amides is 1. The van der Waals surface area contributed by atoms with Crippen molar-refractivity contribution in [1.29, 1.82) is 0 Å². The highest BCUT2D eigenvalue weighted by Crippen LogP contribution is 2.47. The number of nitrogens with zero attached hydrogens (tertiary/aromatic N) is 3. The van der Waals surface area contributed by atoms with Crippen molar-refractivity contribution in [2.24, 2.45) is 0 Å². The molecular weight excluding hydrogens is 551 g/mol. The average Bonchev–Trinajstić information content (AvgIpc) is 3.06. The minimum Gasteiger partial charge on any atom is -0.450 e. The summed E-state index contributed by atoms with van der Waals surface area (Å²) in [5.41, 5.74) is 0.811. The summed E-state index contributed by atoms with van der Waals surface area (Å²) in [5, 5.41) is 5.17. The van der Waals surface area contributed by atoms with Gasteiger partial charge in [-0.25, -0.2) is 4.39 Å². The Morgan fingerprint density at radius 2 is 1.65 bits per heavy atom. The quantitative estimate of drug-likeness (QED) is 0.279. The Kier molecular flexibility index (Phi) is 8.60. The lowest BCUT2D eigenvalue weighted by Crippen LogP contribution is -2.42. The van der Waals surface area contributed by atoms with Gasteiger partial charge in [0.1, 0.15) is 16.8 Å². The van der Waals surface area contributed by atoms with Crippen molar-refractivity contribution in [3.63, 3.8) is 0 Å². The molecule has 226 valence electrons. The van der Waals surface area contributed by atoms with Crippen LogP contribution in [0.1, 0.15) is 30.6 Å². The van der Waals surface area contributed by atoms with Crippen LogP contribution in [0.2, 0.25) is 0 Å². The first-order valence-corrected chi connectivity index (χ1v) is 15.1. The van der Waals surface area contributed by atoms with Gasteiger partial charge in [0, 0.05) is 44.3 Å². The fourth-order valence-corrected chi connectivity index (χ4v) is 5.94. The summed E-state index contributed by atoms with van der Waals surface area (Å²) >= 11 is 0. The Bertz CT molecular complexity index is 1710. The molecule has 0 unspecified atom stereocenters. The number of fused-ring (bicyclic) bond motifs is 4. The van der Waals surface area contributed by atoms with Crippen LogP contribution in [0.4, 0.5) is 10.1 Å². The van der Waals surface area contributed by atoms with Crippen LogP contribution in [0, 0.1) is 5.82 Å². The Balaban J connectivity index is 0.00000161. The average molecular weight is 589 g/mol. The van der Waals surface area contributed by atoms with Crippen molar-refractivity contribution >= 4 is 33.3 Å². The number of aromatic nitrogens is 1. The van der Waals surface area contributed by atoms with Crippen LogP contribution in [-0.4, -0.2) is 86.0 Å². The van der Waals surface area contributed by atoms with E-state index >= 15 is 4.39 Å². The number of carbonyl (C=O) groups is 1. The van der Waals surface area contributed by atoms with Gasteiger partial charge in [-0.3, -0.25) is 14.5 Å². The van der Waals surface area contributed by atoms with Gasteiger partial charge in [-0.15, -0.1) is 0 Å². The highest BCUT2D eigenvalue weighted by Gasteiger charge is 2.31. The first-order chi connectivity index (χ1) is 21.1. The topological polar surface area (TPSA) is 85.3 Å². The van der Waals surface area contributed by atoms with Crippen molar-refractivity contribution in [2.45, 2.75) is 20.3 Å². The third-order valence-corrected chi connectivity index (χ3v) is 8.10. The van der Waals surface area contributed by atoms with E-state index < -0.39 is 11.2 Å². The van der Waals surface area contributed by atoms with E-state index in [1.165, 1.54) is 6.07 Å². The molecule has 0 bridgehead atoms. The van der Waals surface area contributed by atoms with Crippen LogP contribution in [0.15, 0.2) is 53.5 Å². The number of rotatable bonds is 6. The number of halogens is 1. The predicted molar refractivity (Wildman–Crippen MR) is 166 cm³/mol. The number of morpholine rings is 2. The van der Waals surface area contributed by atoms with Gasteiger partial charge in [0.25, 0.3) is 5.91 Å². The molecule has 0 spiro atoms. The van der Waals surface area contributed by atoms with Crippen molar-refractivity contribution < 1.29 is 23.4 Å². The molecule has 43 heavy (non-hydrogen) atoms. The molecule has 3 aliphatic heterocycles. The molecule has 2 fully saturated rings. The molecule has 2 saturated heterocycles. The largest absolute Gasteiger partial charge is 0.450 e. The Labute approximate surface area is 249 Å². The number of anilines is 1. The molecule has 1 N–H and O–H groups in total. The first kappa shape index (κ1) is 29.1. The maximum absolute atomic E-state index is 15.8. The summed E-state index contributed by atoms with van der Waals surface area (Å²) in [4.78, 5) is 31.2. The SMILES string of the molecule is CC.O=C(c1cn2c3c(c(NCCCN4CCOCC4)c(F)cc3c1=O)Oc1c-2ccc2ccccc12)N1CCOCC1. The van der Waals surface area contributed by atoms with Gasteiger partial charge in [-0.05, 0) is 30.5 Å². The highest BCUT2D eigenvalue weighted by atomic mass is 19.1. The fourth-order valence-electron chi connectivity index (χ4n) is 5.94. The minimum atomic E-state index is -0.595. The van der Waals surface area contributed by atoms with Crippen molar-refractivity contribution in [3.05, 3.63) is 70.3 Å². The van der Waals surface area contributed by atoms with Crippen molar-refractivity contribution in [3.8, 4) is 17.2 Å². The summed E-state index contributed by atoms with van der Waals surface area (Å²) in [7, 11) is 0. The molecular formula is C33H37FN4O5. The van der Waals surface area contributed by atoms with Crippen molar-refractivity contribution in [2.75, 3.05) is 71.0 Å². The number of benzene rings is 3. The zero-order valence-electron chi connectivity index (χ0n) is 24.7. The fraction of sp³-hybridized carbons (Fsp3) is 0.394. The second kappa shape index (κ2) is 12.7. The van der Waals surface area contributed by atoms with Gasteiger partial charge >= 0.3 is 0 Å². The maximum atomic E-state index is 15.8. The Hall–Kier alpha value is -3.99. The first-order valence-electron chi connectivity index (χ1n) is 15.1. The Morgan fingerprint density at radius 3 is 2.42 bits per heavy atom. The second-order valence-corrected chi connectivity index (χ2v) is 10.6. The summed E-state index contributed by atoms with van der Waals surface area (Å²) in [5.74, 6) is -0.183. The monoisotopic (exact) mass is 588 g/mol. The predicted octanol–water partition coefficient (Wildman–Crippen LogP) is 5.02. The minimum absolute atomic E-state index is 0.00280. The van der Waals surface area contributed by atoms with E-state index in [1.54, 1.807) is 11.1 Å². The smallest absolute Gasteiger partial charge is 0.259 e. The number of nitrogens with one attached hydrogen (secondary N) is 1. The maximum Gasteiger partial charge on any atom is 0.259 e. The molecule has 10 heteroatoms. The molecule has 0 saturated carbocycles. The number of pyridine rings is 1. The second-order valence-electron chi connectivity index (χ2n) is 10.6. The summed E-state index contributed by atoms with van der Waals surface area (Å²) in [6, 6.07) is 12.9. The van der Waals surface area contributed by atoms with Gasteiger partial charge in [-0.1, -0.05) is 44.2 Å². The van der Waals surface area contributed by atoms with E-state index in [2.05, 4.69) is 10.2 Å². The normalized spacial score (nSPS) is 16.3. The molecule has 0 atom stereocenters. The van der Waals surface area contributed by atoms with Gasteiger partial charge in [-0.2, -0.15) is 0 Å². The number of hydrogen-bond acceptors (Lipinski definition) is 7. The standard InChI is InChI=1S/C31H31FN4O5.C2H6/c32-24-18-22-27-30(26(24)33-8-3-9-34-10-14-39-15-11-34)41-29-21-5-2-1-4-20(21)6-7-25(29)36(27)19-23(28(22)37)31(38)35-12-16-40-17-13-35;1-2/h1-2,4-7,18-19,33H,3,8-17H2;1-2H3. The number of hydrogen-bond donors (Lipinski definition) is 1. The van der Waals surface area contributed by atoms with Gasteiger partial charge < -0.3 is 29.0 Å². The lowest BCUT2D eigenvalue weighted by Gasteiger charge is -2.29. The van der Waals surface area contributed by atoms with Crippen molar-refractivity contribution in [1.82, 2.24) is 14.4 Å². The van der Waals surface area contributed by atoms with E-state index in [0.717, 1.165) is 50.0 Å². The van der Waals surface area contributed by atoms with Crippen LogP contribution in [0.5, 0.6) is 11.5 Å². The zero-order valence-corrected chi connectivity index (χ0v) is 24.7. The van der Waals surface area contributed by atoms with E-state index in [9.17, 15) is 9.59 Å². The molecule has 7 rings (SSSR count). The van der Waals surface area contributed by atoms with Gasteiger partial charge in [0.05, 0.1) is 37.5 Å². The third-order valence-electron chi connectivity index (χ3n) is 8.10. The summed E-state index contributed by atoms with van der Waals surface area (Å²) in [6.07, 6.45) is 2.39. The van der Waals surface area contributed by atoms with E-state index in [0.29, 0.717) is 49.8 Å². The van der Waals surface area contributed by atoms with E-state index in [1.807, 2.05) is 54.8 Å². The molecule has 3 aromatic carbocycles. The van der Waals surface area contributed by atoms with Crippen LogP contribution >= 0.6 is 0 Å². The van der Waals surface area contributed by atoms with E-state index in [4.69, 9.17) is 14.2 Å². The number of carbonyl (C=O) groups excluding carboxylic acids is 1. The molecule has 4 aromatic rings. The third kappa shape index (κ3) is 5.46. The molecule has 4 heterocycles. The molecule has 1 aromatic heterocycles. The lowest BCUT2D eigenvalue weighted by atomic mass is 10.0. The lowest BCUT2D eigenvalue weighted by molar-refractivity contribution is 0.0301. The molecule has 1 amide bonds. The molecule has 3 aliphatic rings. The van der Waals surface area contributed by atoms with Crippen LogP contribution < -0.4 is 15.5 Å². The van der Waals surface area contributed by atoms with Gasteiger partial charge in [0.15, 0.2) is 17.3 Å². The van der Waals surface area contributed by atoms with Gasteiger partial charge in [0.2, 0.25) is 5.43 Å². The summed E-state index contributed by atoms with van der Waals surface area (Å²) < 4.78 is 34.9. The molecule has 0 radical (unpaired) electrons. The van der Waals surface area contributed by atoms with Crippen LogP contribution in [0.25, 0.3) is 27.4 Å². The van der Waals surface area contributed by atoms with Crippen LogP contribution in [0.3, 0.4) is 0 Å². The Morgan fingerprint density at radius 1 is 0.930 bits per heavy atom. The summed E-state index contributed by atoms with van der Waals surface area (Å²) in [6.45, 7) is 10.2.